The molecule has 1 unspecified atom stereocenters. The Morgan fingerprint density at radius 2 is 1.83 bits per heavy atom. The molecule has 0 aromatic heterocycles. The van der Waals surface area contributed by atoms with E-state index in [0.717, 1.165) is 37.4 Å². The van der Waals surface area contributed by atoms with Crippen LogP contribution >= 0.6 is 12.2 Å². The predicted octanol–water partition coefficient (Wildman–Crippen LogP) is 1.12. The van der Waals surface area contributed by atoms with Crippen molar-refractivity contribution in [2.24, 2.45) is 0 Å². The average Bonchev–Trinajstić information content (AvgIpc) is 2.94. The van der Waals surface area contributed by atoms with Gasteiger partial charge in [-0.05, 0) is 56.6 Å². The van der Waals surface area contributed by atoms with E-state index in [4.69, 9.17) is 17.0 Å². The van der Waals surface area contributed by atoms with E-state index in [0.29, 0.717) is 5.57 Å². The van der Waals surface area contributed by atoms with Crippen LogP contribution in [0.1, 0.15) is 26.7 Å². The normalized spacial score (nSPS) is 25.2. The smallest absolute Gasteiger partial charge is 0.263 e. The van der Waals surface area contributed by atoms with Crippen LogP contribution in [0.3, 0.4) is 0 Å². The van der Waals surface area contributed by atoms with Gasteiger partial charge in [-0.2, -0.15) is 0 Å². The van der Waals surface area contributed by atoms with Crippen molar-refractivity contribution in [3.63, 3.8) is 0 Å². The van der Waals surface area contributed by atoms with Crippen LogP contribution in [0, 0.1) is 0 Å². The molecule has 7 heteroatoms. The summed E-state index contributed by atoms with van der Waals surface area (Å²) in [5.74, 6) is -0.927. The first-order valence-corrected chi connectivity index (χ1v) is 8.03. The van der Waals surface area contributed by atoms with Gasteiger partial charge in [-0.3, -0.25) is 20.2 Å². The van der Waals surface area contributed by atoms with E-state index < -0.39 is 11.8 Å². The van der Waals surface area contributed by atoms with Crippen LogP contribution < -0.4 is 10.6 Å². The fourth-order valence-corrected chi connectivity index (χ4v) is 3.26. The zero-order chi connectivity index (χ0) is 16.6. The molecule has 0 aromatic rings. The number of amides is 2. The van der Waals surface area contributed by atoms with E-state index in [1.807, 2.05) is 26.0 Å². The van der Waals surface area contributed by atoms with Crippen molar-refractivity contribution in [3.8, 4) is 0 Å². The lowest BCUT2D eigenvalue weighted by Crippen LogP contribution is -2.51. The van der Waals surface area contributed by atoms with E-state index in [-0.39, 0.29) is 16.8 Å². The summed E-state index contributed by atoms with van der Waals surface area (Å²) < 4.78 is 5.69. The maximum atomic E-state index is 12.1. The Labute approximate surface area is 140 Å². The number of allylic oxidation sites excluding steroid dienone is 5. The highest BCUT2D eigenvalue weighted by Gasteiger charge is 2.30. The van der Waals surface area contributed by atoms with E-state index in [1.54, 1.807) is 0 Å². The molecule has 0 aliphatic carbocycles. The third kappa shape index (κ3) is 3.20. The standard InChI is InChI=1S/C16H19N3O3S/c1-9-6-11(13-14(20)17-16(23)18-15(13)21)7-10(2)19(9)8-12-4-3-5-22-12/h6-7,12H,3-5,8H2,1-2H3,(H2,17,18,20,21,23). The van der Waals surface area contributed by atoms with Crippen LogP contribution in [0.4, 0.5) is 0 Å². The highest BCUT2D eigenvalue weighted by atomic mass is 32.1. The Hall–Kier alpha value is -1.99. The quantitative estimate of drug-likeness (QED) is 0.450. The number of carbonyl (C=O) groups is 2. The number of thiocarbonyl (C=S) groups is 1. The molecule has 2 N–H and O–H groups in total. The zero-order valence-corrected chi connectivity index (χ0v) is 14.0. The number of nitrogens with zero attached hydrogens (tertiary/aromatic N) is 1. The van der Waals surface area contributed by atoms with Crippen molar-refractivity contribution in [2.75, 3.05) is 13.2 Å². The topological polar surface area (TPSA) is 70.7 Å². The van der Waals surface area contributed by atoms with Crippen LogP contribution in [0.25, 0.3) is 0 Å². The van der Waals surface area contributed by atoms with Gasteiger partial charge in [0.15, 0.2) is 5.11 Å². The summed E-state index contributed by atoms with van der Waals surface area (Å²) in [5, 5.41) is 4.98. The van der Waals surface area contributed by atoms with Crippen molar-refractivity contribution in [1.29, 1.82) is 0 Å². The molecule has 0 radical (unpaired) electrons. The number of carbonyl (C=O) groups excluding carboxylic acids is 2. The minimum absolute atomic E-state index is 0.0431. The third-order valence-corrected chi connectivity index (χ3v) is 4.39. The lowest BCUT2D eigenvalue weighted by Gasteiger charge is -2.32. The molecule has 2 amide bonds. The second-order valence-corrected chi connectivity index (χ2v) is 6.29. The van der Waals surface area contributed by atoms with Crippen LogP contribution in [-0.4, -0.2) is 41.1 Å². The van der Waals surface area contributed by atoms with Crippen LogP contribution in [0.5, 0.6) is 0 Å². The second kappa shape index (κ2) is 6.25. The highest BCUT2D eigenvalue weighted by molar-refractivity contribution is 7.80. The van der Waals surface area contributed by atoms with E-state index in [9.17, 15) is 9.59 Å². The molecule has 3 heterocycles. The second-order valence-electron chi connectivity index (χ2n) is 5.88. The lowest BCUT2D eigenvalue weighted by atomic mass is 9.99. The molecule has 0 bridgehead atoms. The molecule has 23 heavy (non-hydrogen) atoms. The number of ether oxygens (including phenoxy) is 1. The van der Waals surface area contributed by atoms with Crippen molar-refractivity contribution in [2.45, 2.75) is 32.8 Å². The van der Waals surface area contributed by atoms with Gasteiger partial charge in [-0.15, -0.1) is 0 Å². The summed E-state index contributed by atoms with van der Waals surface area (Å²) in [6.07, 6.45) is 6.09. The van der Waals surface area contributed by atoms with Crippen molar-refractivity contribution in [1.82, 2.24) is 15.5 Å². The maximum Gasteiger partial charge on any atom is 0.263 e. The Kier molecular flexibility index (Phi) is 4.32. The molecular formula is C16H19N3O3S. The largest absolute Gasteiger partial charge is 0.376 e. The Morgan fingerprint density at radius 1 is 1.22 bits per heavy atom. The fraction of sp³-hybridized carbons (Fsp3) is 0.438. The van der Waals surface area contributed by atoms with E-state index in [1.165, 1.54) is 0 Å². The molecule has 3 aliphatic rings. The highest BCUT2D eigenvalue weighted by Crippen LogP contribution is 2.27. The third-order valence-electron chi connectivity index (χ3n) is 4.19. The van der Waals surface area contributed by atoms with Crippen LogP contribution in [0.15, 0.2) is 34.7 Å². The monoisotopic (exact) mass is 333 g/mol. The summed E-state index contributed by atoms with van der Waals surface area (Å²) >= 11 is 4.82. The van der Waals surface area contributed by atoms with Gasteiger partial charge in [0.05, 0.1) is 6.10 Å². The molecule has 3 aliphatic heterocycles. The summed E-state index contributed by atoms with van der Waals surface area (Å²) in [7, 11) is 0. The van der Waals surface area contributed by atoms with Gasteiger partial charge in [0.25, 0.3) is 11.8 Å². The van der Waals surface area contributed by atoms with Crippen molar-refractivity contribution < 1.29 is 14.3 Å². The molecule has 3 rings (SSSR count). The first-order chi connectivity index (χ1) is 11.0. The Morgan fingerprint density at radius 3 is 2.35 bits per heavy atom. The average molecular weight is 333 g/mol. The molecule has 122 valence electrons. The summed E-state index contributed by atoms with van der Waals surface area (Å²) in [6, 6.07) is 0. The van der Waals surface area contributed by atoms with Gasteiger partial charge >= 0.3 is 0 Å². The van der Waals surface area contributed by atoms with Gasteiger partial charge in [0.2, 0.25) is 0 Å². The molecule has 2 saturated heterocycles. The number of hydrogen-bond acceptors (Lipinski definition) is 5. The SMILES string of the molecule is CC1=CC(=C2C(=O)NC(=S)NC2=O)C=C(C)N1CC1CCCO1. The van der Waals surface area contributed by atoms with E-state index in [2.05, 4.69) is 15.5 Å². The van der Waals surface area contributed by atoms with E-state index >= 15 is 0 Å². The fourth-order valence-electron chi connectivity index (χ4n) is 3.08. The molecule has 0 saturated carbocycles. The van der Waals surface area contributed by atoms with Gasteiger partial charge < -0.3 is 9.64 Å². The maximum absolute atomic E-state index is 12.1. The molecular weight excluding hydrogens is 314 g/mol. The Bertz CT molecular complexity index is 628. The minimum Gasteiger partial charge on any atom is -0.376 e. The summed E-state index contributed by atoms with van der Waals surface area (Å²) in [6.45, 7) is 5.54. The summed E-state index contributed by atoms with van der Waals surface area (Å²) in [5.41, 5.74) is 2.66. The number of rotatable bonds is 2. The van der Waals surface area contributed by atoms with Crippen LogP contribution in [0.2, 0.25) is 0 Å². The number of nitrogens with one attached hydrogen (secondary N) is 2. The first kappa shape index (κ1) is 15.9. The van der Waals surface area contributed by atoms with Gasteiger partial charge in [-0.1, -0.05) is 0 Å². The molecule has 0 spiro atoms. The molecule has 2 fully saturated rings. The zero-order valence-electron chi connectivity index (χ0n) is 13.1. The lowest BCUT2D eigenvalue weighted by molar-refractivity contribution is -0.123. The number of hydrogen-bond donors (Lipinski definition) is 2. The van der Waals surface area contributed by atoms with Gasteiger partial charge in [0.1, 0.15) is 5.57 Å². The first-order valence-electron chi connectivity index (χ1n) is 7.62. The van der Waals surface area contributed by atoms with Gasteiger partial charge in [0, 0.05) is 24.5 Å². The molecule has 6 nitrogen and oxygen atoms in total. The minimum atomic E-state index is -0.463. The Balaban J connectivity index is 1.87. The summed E-state index contributed by atoms with van der Waals surface area (Å²) in [4.78, 5) is 26.3. The molecule has 1 atom stereocenters. The van der Waals surface area contributed by atoms with Crippen LogP contribution in [-0.2, 0) is 14.3 Å². The van der Waals surface area contributed by atoms with Crippen molar-refractivity contribution in [3.05, 3.63) is 34.7 Å². The molecule has 0 aromatic carbocycles. The van der Waals surface area contributed by atoms with Crippen molar-refractivity contribution >= 4 is 29.1 Å². The predicted molar refractivity (Wildman–Crippen MR) is 89.1 cm³/mol. The van der Waals surface area contributed by atoms with Gasteiger partial charge in [-0.25, -0.2) is 0 Å².